The molecule has 1 aromatic rings. The van der Waals surface area contributed by atoms with E-state index in [9.17, 15) is 0 Å². The number of hydrogen-bond acceptors (Lipinski definition) is 3. The predicted octanol–water partition coefficient (Wildman–Crippen LogP) is 2.58. The molecule has 0 aliphatic carbocycles. The lowest BCUT2D eigenvalue weighted by Crippen LogP contribution is -2.52. The van der Waals surface area contributed by atoms with Crippen molar-refractivity contribution in [2.24, 2.45) is 0 Å². The van der Waals surface area contributed by atoms with E-state index in [1.54, 1.807) is 0 Å². The van der Waals surface area contributed by atoms with Crippen LogP contribution in [0.25, 0.3) is 0 Å². The molecule has 2 atom stereocenters. The molecule has 0 spiro atoms. The minimum Gasteiger partial charge on any atom is -0.313 e. The number of piperazine rings is 1. The summed E-state index contributed by atoms with van der Waals surface area (Å²) in [5.74, 6) is 0. The van der Waals surface area contributed by atoms with Crippen molar-refractivity contribution in [3.05, 3.63) is 35.9 Å². The van der Waals surface area contributed by atoms with Gasteiger partial charge in [0.25, 0.3) is 0 Å². The first-order valence-electron chi connectivity index (χ1n) is 8.42. The minimum absolute atomic E-state index is 0.631. The molecule has 0 radical (unpaired) electrons. The topological polar surface area (TPSA) is 18.5 Å². The zero-order valence-electron chi connectivity index (χ0n) is 13.9. The van der Waals surface area contributed by atoms with E-state index in [4.69, 9.17) is 0 Å². The van der Waals surface area contributed by atoms with Gasteiger partial charge in [-0.05, 0) is 25.8 Å². The second-order valence-electron chi connectivity index (χ2n) is 6.36. The van der Waals surface area contributed by atoms with Crippen LogP contribution in [0.3, 0.4) is 0 Å². The van der Waals surface area contributed by atoms with Crippen LogP contribution in [0.2, 0.25) is 0 Å². The normalized spacial score (nSPS) is 20.3. The Morgan fingerprint density at radius 2 is 1.71 bits per heavy atom. The van der Waals surface area contributed by atoms with Crippen LogP contribution in [0.15, 0.2) is 30.3 Å². The van der Waals surface area contributed by atoms with Crippen molar-refractivity contribution in [2.75, 3.05) is 32.7 Å². The minimum atomic E-state index is 0.631. The van der Waals surface area contributed by atoms with E-state index < -0.39 is 0 Å². The lowest BCUT2D eigenvalue weighted by molar-refractivity contribution is 0.0963. The van der Waals surface area contributed by atoms with Crippen LogP contribution < -0.4 is 5.32 Å². The quantitative estimate of drug-likeness (QED) is 0.832. The number of nitrogens with zero attached hydrogens (tertiary/aromatic N) is 2. The van der Waals surface area contributed by atoms with Gasteiger partial charge < -0.3 is 5.32 Å². The average molecular weight is 289 g/mol. The second-order valence-corrected chi connectivity index (χ2v) is 6.36. The number of rotatable bonds is 7. The fraction of sp³-hybridized carbons (Fsp3) is 0.667. The van der Waals surface area contributed by atoms with Crippen molar-refractivity contribution in [3.63, 3.8) is 0 Å². The molecule has 0 saturated carbocycles. The molecular weight excluding hydrogens is 258 g/mol. The highest BCUT2D eigenvalue weighted by Gasteiger charge is 2.21. The maximum absolute atomic E-state index is 3.63. The Morgan fingerprint density at radius 3 is 2.33 bits per heavy atom. The van der Waals surface area contributed by atoms with Gasteiger partial charge in [-0.15, -0.1) is 0 Å². The van der Waals surface area contributed by atoms with Gasteiger partial charge in [-0.25, -0.2) is 0 Å². The molecule has 2 unspecified atom stereocenters. The molecule has 118 valence electrons. The van der Waals surface area contributed by atoms with Crippen LogP contribution >= 0.6 is 0 Å². The van der Waals surface area contributed by atoms with Crippen LogP contribution in [0.4, 0.5) is 0 Å². The van der Waals surface area contributed by atoms with Crippen LogP contribution in [0, 0.1) is 0 Å². The Hall–Kier alpha value is -0.900. The van der Waals surface area contributed by atoms with E-state index in [2.05, 4.69) is 66.2 Å². The molecule has 0 amide bonds. The fourth-order valence-corrected chi connectivity index (χ4v) is 2.85. The Kier molecular flexibility index (Phi) is 6.68. The molecule has 1 saturated heterocycles. The third kappa shape index (κ3) is 5.42. The molecule has 1 fully saturated rings. The van der Waals surface area contributed by atoms with Crippen molar-refractivity contribution < 1.29 is 0 Å². The van der Waals surface area contributed by atoms with Gasteiger partial charge in [0.15, 0.2) is 0 Å². The van der Waals surface area contributed by atoms with Gasteiger partial charge in [0, 0.05) is 51.4 Å². The van der Waals surface area contributed by atoms with Gasteiger partial charge in [0.05, 0.1) is 0 Å². The molecule has 3 nitrogen and oxygen atoms in total. The highest BCUT2D eigenvalue weighted by atomic mass is 15.3. The summed E-state index contributed by atoms with van der Waals surface area (Å²) in [6.07, 6.45) is 1.21. The lowest BCUT2D eigenvalue weighted by atomic mass is 10.1. The lowest BCUT2D eigenvalue weighted by Gasteiger charge is -2.38. The Morgan fingerprint density at radius 1 is 1.05 bits per heavy atom. The van der Waals surface area contributed by atoms with Crippen LogP contribution in [-0.4, -0.2) is 54.6 Å². The first-order chi connectivity index (χ1) is 10.2. The molecule has 21 heavy (non-hydrogen) atoms. The highest BCUT2D eigenvalue weighted by Crippen LogP contribution is 2.10. The summed E-state index contributed by atoms with van der Waals surface area (Å²) < 4.78 is 0. The average Bonchev–Trinajstić information content (AvgIpc) is 2.54. The standard InChI is InChI=1S/C18H31N3/c1-4-16(2)19-14-17(3)21-12-10-20(11-13-21)15-18-8-6-5-7-9-18/h5-9,16-17,19H,4,10-15H2,1-3H3. The van der Waals surface area contributed by atoms with E-state index in [-0.39, 0.29) is 0 Å². The third-order valence-corrected chi connectivity index (χ3v) is 4.65. The maximum atomic E-state index is 3.63. The van der Waals surface area contributed by atoms with Gasteiger partial charge in [-0.1, -0.05) is 37.3 Å². The summed E-state index contributed by atoms with van der Waals surface area (Å²) in [6.45, 7) is 13.8. The third-order valence-electron chi connectivity index (χ3n) is 4.65. The summed E-state index contributed by atoms with van der Waals surface area (Å²) in [5.41, 5.74) is 1.43. The molecule has 0 aromatic heterocycles. The molecule has 1 aromatic carbocycles. The number of hydrogen-bond donors (Lipinski definition) is 1. The van der Waals surface area contributed by atoms with Crippen LogP contribution in [0.5, 0.6) is 0 Å². The molecule has 1 aliphatic rings. The zero-order chi connectivity index (χ0) is 15.1. The molecule has 3 heteroatoms. The fourth-order valence-electron chi connectivity index (χ4n) is 2.85. The van der Waals surface area contributed by atoms with Gasteiger partial charge in [0.1, 0.15) is 0 Å². The molecule has 2 rings (SSSR count). The first kappa shape index (κ1) is 16.5. The monoisotopic (exact) mass is 289 g/mol. The van der Waals surface area contributed by atoms with Crippen LogP contribution in [0.1, 0.15) is 32.8 Å². The van der Waals surface area contributed by atoms with Gasteiger partial charge in [0.2, 0.25) is 0 Å². The van der Waals surface area contributed by atoms with Crippen molar-refractivity contribution in [1.29, 1.82) is 0 Å². The molecule has 0 bridgehead atoms. The van der Waals surface area contributed by atoms with Crippen molar-refractivity contribution in [1.82, 2.24) is 15.1 Å². The van der Waals surface area contributed by atoms with Crippen LogP contribution in [-0.2, 0) is 6.54 Å². The summed E-state index contributed by atoms with van der Waals surface area (Å²) in [6, 6.07) is 12.1. The van der Waals surface area contributed by atoms with Gasteiger partial charge in [-0.2, -0.15) is 0 Å². The van der Waals surface area contributed by atoms with E-state index in [0.717, 1.165) is 13.1 Å². The maximum Gasteiger partial charge on any atom is 0.0234 e. The van der Waals surface area contributed by atoms with Gasteiger partial charge >= 0.3 is 0 Å². The van der Waals surface area contributed by atoms with Crippen molar-refractivity contribution >= 4 is 0 Å². The number of nitrogens with one attached hydrogen (secondary N) is 1. The summed E-state index contributed by atoms with van der Waals surface area (Å²) in [4.78, 5) is 5.19. The molecule has 1 aliphatic heterocycles. The Balaban J connectivity index is 1.70. The summed E-state index contributed by atoms with van der Waals surface area (Å²) in [5, 5.41) is 3.63. The zero-order valence-corrected chi connectivity index (χ0v) is 13.9. The van der Waals surface area contributed by atoms with E-state index in [0.29, 0.717) is 12.1 Å². The molecule has 1 N–H and O–H groups in total. The van der Waals surface area contributed by atoms with Gasteiger partial charge in [-0.3, -0.25) is 9.80 Å². The van der Waals surface area contributed by atoms with E-state index >= 15 is 0 Å². The van der Waals surface area contributed by atoms with Crippen molar-refractivity contribution in [3.8, 4) is 0 Å². The number of benzene rings is 1. The molecule has 1 heterocycles. The van der Waals surface area contributed by atoms with E-state index in [1.807, 2.05) is 0 Å². The second kappa shape index (κ2) is 8.52. The summed E-state index contributed by atoms with van der Waals surface area (Å²) in [7, 11) is 0. The Bertz CT molecular complexity index is 385. The Labute approximate surface area is 130 Å². The molecular formula is C18H31N3. The summed E-state index contributed by atoms with van der Waals surface area (Å²) >= 11 is 0. The van der Waals surface area contributed by atoms with Crippen molar-refractivity contribution in [2.45, 2.75) is 45.8 Å². The SMILES string of the molecule is CCC(C)NCC(C)N1CCN(Cc2ccccc2)CC1. The smallest absolute Gasteiger partial charge is 0.0234 e. The largest absolute Gasteiger partial charge is 0.313 e. The predicted molar refractivity (Wildman–Crippen MR) is 90.5 cm³/mol. The highest BCUT2D eigenvalue weighted by molar-refractivity contribution is 5.14. The first-order valence-corrected chi connectivity index (χ1v) is 8.42. The van der Waals surface area contributed by atoms with E-state index in [1.165, 1.54) is 38.2 Å².